The molecule has 2 aliphatic rings. The summed E-state index contributed by atoms with van der Waals surface area (Å²) < 4.78 is 0. The van der Waals surface area contributed by atoms with Gasteiger partial charge in [-0.2, -0.15) is 0 Å². The summed E-state index contributed by atoms with van der Waals surface area (Å²) in [6.07, 6.45) is 30.2. The van der Waals surface area contributed by atoms with E-state index < -0.39 is 0 Å². The lowest BCUT2D eigenvalue weighted by atomic mass is 9.63. The molecule has 0 amide bonds. The summed E-state index contributed by atoms with van der Waals surface area (Å²) in [6, 6.07) is 0. The van der Waals surface area contributed by atoms with E-state index in [1.807, 2.05) is 45.9 Å². The zero-order chi connectivity index (χ0) is 33.2. The third-order valence-electron chi connectivity index (χ3n) is 8.86. The van der Waals surface area contributed by atoms with Gasteiger partial charge in [0.15, 0.2) is 11.6 Å². The molecule has 236 valence electrons. The number of hydrogen-bond donors (Lipinski definition) is 0. The van der Waals surface area contributed by atoms with Crippen molar-refractivity contribution >= 4 is 17.3 Å². The maximum atomic E-state index is 12.5. The molecule has 0 saturated heterocycles. The van der Waals surface area contributed by atoms with Gasteiger partial charge in [-0.25, -0.2) is 0 Å². The monoisotopic (exact) mass is 594 g/mol. The number of rotatable bonds is 10. The summed E-state index contributed by atoms with van der Waals surface area (Å²) in [4.78, 5) is 36.7. The van der Waals surface area contributed by atoms with Crippen LogP contribution in [-0.4, -0.2) is 17.3 Å². The fourth-order valence-electron chi connectivity index (χ4n) is 6.28. The molecule has 44 heavy (non-hydrogen) atoms. The van der Waals surface area contributed by atoms with E-state index in [0.717, 1.165) is 39.9 Å². The maximum Gasteiger partial charge on any atom is 0.201 e. The lowest BCUT2D eigenvalue weighted by molar-refractivity contribution is -0.145. The van der Waals surface area contributed by atoms with Gasteiger partial charge < -0.3 is 0 Å². The third kappa shape index (κ3) is 10.5. The molecule has 2 rings (SSSR count). The fourth-order valence-corrected chi connectivity index (χ4v) is 6.28. The first-order chi connectivity index (χ1) is 20.5. The van der Waals surface area contributed by atoms with E-state index in [2.05, 4.69) is 115 Å². The molecule has 3 heteroatoms. The average Bonchev–Trinajstić information content (AvgIpc) is 2.92. The summed E-state index contributed by atoms with van der Waals surface area (Å²) in [5.74, 6) is -0.352. The van der Waals surface area contributed by atoms with Crippen molar-refractivity contribution in [3.63, 3.8) is 0 Å². The van der Waals surface area contributed by atoms with Crippen molar-refractivity contribution in [2.45, 2.75) is 89.0 Å². The quantitative estimate of drug-likeness (QED) is 0.187. The van der Waals surface area contributed by atoms with Crippen LogP contribution in [0.4, 0.5) is 0 Å². The predicted molar refractivity (Wildman–Crippen MR) is 187 cm³/mol. The second-order valence-corrected chi connectivity index (χ2v) is 14.1. The lowest BCUT2D eigenvalue weighted by Crippen LogP contribution is -2.43. The van der Waals surface area contributed by atoms with Crippen LogP contribution in [0, 0.1) is 28.6 Å². The highest BCUT2D eigenvalue weighted by atomic mass is 16.2. The fraction of sp³-hybridized carbons (Fsp3) is 0.439. The highest BCUT2D eigenvalue weighted by Crippen LogP contribution is 2.43. The van der Waals surface area contributed by atoms with Crippen LogP contribution < -0.4 is 0 Å². The van der Waals surface area contributed by atoms with Gasteiger partial charge >= 0.3 is 0 Å². The molecule has 1 fully saturated rings. The van der Waals surface area contributed by atoms with Gasteiger partial charge in [0.1, 0.15) is 0 Å². The number of carbonyl (C=O) groups excluding carboxylic acids is 3. The first-order valence-corrected chi connectivity index (χ1v) is 15.9. The number of hydrogen-bond acceptors (Lipinski definition) is 3. The molecule has 1 saturated carbocycles. The van der Waals surface area contributed by atoms with E-state index in [-0.39, 0.29) is 45.9 Å². The summed E-state index contributed by atoms with van der Waals surface area (Å²) in [7, 11) is 0. The van der Waals surface area contributed by atoms with E-state index in [1.165, 1.54) is 0 Å². The third-order valence-corrected chi connectivity index (χ3v) is 8.86. The van der Waals surface area contributed by atoms with Crippen molar-refractivity contribution in [3.05, 3.63) is 119 Å². The molecular weight excluding hydrogens is 540 g/mol. The standard InChI is InChI=1S/C41H54O3/c1-28(18-14-20-30(3)22-24-35-33(6)38(43)32(5)26-40(35,8)9)16-12-13-17-29(2)19-15-21-31(4)23-25-36-34(7)39(44)37(42)27-41(36,10)11/h12-25,32,34,36H,26-27H2,1-11H3/b13-12+,18-14+,19-15+,24-22?,25-23?,28-16+,29-17+,30-20+,31-21+. The van der Waals surface area contributed by atoms with E-state index >= 15 is 0 Å². The van der Waals surface area contributed by atoms with E-state index in [0.29, 0.717) is 6.42 Å². The zero-order valence-corrected chi connectivity index (χ0v) is 29.0. The molecule has 0 radical (unpaired) electrons. The molecule has 0 aromatic carbocycles. The Labute approximate surface area is 267 Å². The molecule has 3 atom stereocenters. The van der Waals surface area contributed by atoms with Gasteiger partial charge in [0.05, 0.1) is 0 Å². The summed E-state index contributed by atoms with van der Waals surface area (Å²) >= 11 is 0. The number of Topliss-reactive ketones (excluding diaryl/α,β-unsaturated/α-hetero) is 3. The van der Waals surface area contributed by atoms with Crippen molar-refractivity contribution in [3.8, 4) is 0 Å². The predicted octanol–water partition coefficient (Wildman–Crippen LogP) is 10.3. The molecule has 3 unspecified atom stereocenters. The Morgan fingerprint density at radius 1 is 0.682 bits per heavy atom. The molecule has 0 N–H and O–H groups in total. The van der Waals surface area contributed by atoms with Crippen LogP contribution >= 0.6 is 0 Å². The normalized spacial score (nSPS) is 26.2. The molecule has 0 aromatic heterocycles. The second-order valence-electron chi connectivity index (χ2n) is 14.1. The molecular formula is C41H54O3. The van der Waals surface area contributed by atoms with Gasteiger partial charge in [-0.1, -0.05) is 149 Å². The minimum atomic E-state index is -0.279. The Balaban J connectivity index is 1.93. The Morgan fingerprint density at radius 2 is 1.16 bits per heavy atom. The van der Waals surface area contributed by atoms with Crippen LogP contribution in [0.15, 0.2) is 119 Å². The smallest absolute Gasteiger partial charge is 0.201 e. The highest BCUT2D eigenvalue weighted by molar-refractivity contribution is 6.38. The van der Waals surface area contributed by atoms with Crippen LogP contribution in [0.2, 0.25) is 0 Å². The van der Waals surface area contributed by atoms with Gasteiger partial charge in [0, 0.05) is 18.3 Å². The van der Waals surface area contributed by atoms with Crippen molar-refractivity contribution in [2.75, 3.05) is 0 Å². The largest absolute Gasteiger partial charge is 0.294 e. The molecule has 3 nitrogen and oxygen atoms in total. The van der Waals surface area contributed by atoms with E-state index in [1.54, 1.807) is 0 Å². The van der Waals surface area contributed by atoms with E-state index in [9.17, 15) is 14.4 Å². The van der Waals surface area contributed by atoms with E-state index in [4.69, 9.17) is 0 Å². The van der Waals surface area contributed by atoms with Crippen molar-refractivity contribution in [2.24, 2.45) is 28.6 Å². The summed E-state index contributed by atoms with van der Waals surface area (Å²) in [6.45, 7) is 22.7. The van der Waals surface area contributed by atoms with Crippen LogP contribution in [0.25, 0.3) is 0 Å². The van der Waals surface area contributed by atoms with Crippen LogP contribution in [0.1, 0.15) is 89.0 Å². The van der Waals surface area contributed by atoms with Gasteiger partial charge in [-0.05, 0) is 68.9 Å². The van der Waals surface area contributed by atoms with Crippen LogP contribution in [-0.2, 0) is 14.4 Å². The Hall–Kier alpha value is -3.59. The van der Waals surface area contributed by atoms with Crippen LogP contribution in [0.3, 0.4) is 0 Å². The Morgan fingerprint density at radius 3 is 1.70 bits per heavy atom. The Kier molecular flexibility index (Phi) is 13.3. The first-order valence-electron chi connectivity index (χ1n) is 15.9. The maximum absolute atomic E-state index is 12.5. The molecule has 0 aliphatic heterocycles. The summed E-state index contributed by atoms with van der Waals surface area (Å²) in [5.41, 5.74) is 6.34. The van der Waals surface area contributed by atoms with Crippen molar-refractivity contribution in [1.82, 2.24) is 0 Å². The van der Waals surface area contributed by atoms with Gasteiger partial charge in [0.2, 0.25) is 5.78 Å². The minimum absolute atomic E-state index is 0.00402. The first kappa shape index (κ1) is 36.6. The Bertz CT molecular complexity index is 1420. The number of allylic oxidation sites excluding steroid dienone is 20. The van der Waals surface area contributed by atoms with Crippen molar-refractivity contribution in [1.29, 1.82) is 0 Å². The molecule has 2 aliphatic carbocycles. The van der Waals surface area contributed by atoms with Gasteiger partial charge in [-0.15, -0.1) is 0 Å². The molecule has 0 bridgehead atoms. The second kappa shape index (κ2) is 15.9. The molecule has 0 spiro atoms. The average molecular weight is 595 g/mol. The summed E-state index contributed by atoms with van der Waals surface area (Å²) in [5, 5.41) is 0. The topological polar surface area (TPSA) is 51.2 Å². The van der Waals surface area contributed by atoms with Crippen molar-refractivity contribution < 1.29 is 14.4 Å². The number of ketones is 3. The van der Waals surface area contributed by atoms with Crippen LogP contribution in [0.5, 0.6) is 0 Å². The molecule has 0 heterocycles. The highest BCUT2D eigenvalue weighted by Gasteiger charge is 2.44. The van der Waals surface area contributed by atoms with Gasteiger partial charge in [0.25, 0.3) is 0 Å². The molecule has 0 aromatic rings. The lowest BCUT2D eigenvalue weighted by Gasteiger charge is -2.39. The zero-order valence-electron chi connectivity index (χ0n) is 29.0. The minimum Gasteiger partial charge on any atom is -0.294 e. The SMILES string of the molecule is CC1=C(C=C/C(C)=C/C=C/C(C)=C/C=C/C=C(C)/C=C/C=C(\C)C=CC2C(C)C(=O)C(=O)CC2(C)C)C(C)(C)CC(C)C1=O. The van der Waals surface area contributed by atoms with Gasteiger partial charge in [-0.3, -0.25) is 14.4 Å². The number of carbonyl (C=O) groups is 3.